The van der Waals surface area contributed by atoms with Gasteiger partial charge in [0.15, 0.2) is 0 Å². The molecule has 1 aromatic carbocycles. The maximum atomic E-state index is 13.8. The summed E-state index contributed by atoms with van der Waals surface area (Å²) in [7, 11) is 1.09. The fourth-order valence-electron chi connectivity index (χ4n) is 1.88. The van der Waals surface area contributed by atoms with Crippen LogP contribution in [0.15, 0.2) is 12.1 Å². The standard InChI is InChI=1S/C12H11FN4O4/c1-6-14-7(2)16(15-6)10-4-8(12(18)21-3)9(13)5-11(10)17(19)20/h4-5H,1-3H3. The number of aryl methyl sites for hydroxylation is 2. The van der Waals surface area contributed by atoms with Gasteiger partial charge in [0.1, 0.15) is 23.2 Å². The van der Waals surface area contributed by atoms with Crippen molar-refractivity contribution in [1.82, 2.24) is 14.8 Å². The Bertz CT molecular complexity index is 741. The minimum atomic E-state index is -1.04. The van der Waals surface area contributed by atoms with E-state index in [4.69, 9.17) is 0 Å². The fourth-order valence-corrected chi connectivity index (χ4v) is 1.88. The molecule has 0 bridgehead atoms. The molecule has 110 valence electrons. The lowest BCUT2D eigenvalue weighted by atomic mass is 10.1. The molecule has 0 saturated heterocycles. The molecule has 0 amide bonds. The molecular formula is C12H11FN4O4. The molecular weight excluding hydrogens is 283 g/mol. The Labute approximate surface area is 118 Å². The van der Waals surface area contributed by atoms with Crippen LogP contribution in [-0.4, -0.2) is 32.8 Å². The maximum Gasteiger partial charge on any atom is 0.340 e. The normalized spacial score (nSPS) is 10.5. The minimum absolute atomic E-state index is 0.0556. The Morgan fingerprint density at radius 1 is 1.43 bits per heavy atom. The van der Waals surface area contributed by atoms with Crippen LogP contribution < -0.4 is 0 Å². The van der Waals surface area contributed by atoms with Gasteiger partial charge in [0.25, 0.3) is 5.69 Å². The highest BCUT2D eigenvalue weighted by molar-refractivity contribution is 5.91. The topological polar surface area (TPSA) is 100 Å². The number of methoxy groups -OCH3 is 1. The van der Waals surface area contributed by atoms with Crippen molar-refractivity contribution < 1.29 is 18.8 Å². The predicted octanol–water partition coefficient (Wildman–Crippen LogP) is 1.72. The van der Waals surface area contributed by atoms with Crippen molar-refractivity contribution in [3.8, 4) is 5.69 Å². The number of rotatable bonds is 3. The van der Waals surface area contributed by atoms with E-state index in [1.165, 1.54) is 4.68 Å². The second-order valence-electron chi connectivity index (χ2n) is 4.19. The van der Waals surface area contributed by atoms with Crippen LogP contribution in [0.4, 0.5) is 10.1 Å². The number of aromatic nitrogens is 3. The summed E-state index contributed by atoms with van der Waals surface area (Å²) in [4.78, 5) is 25.9. The first-order valence-corrected chi connectivity index (χ1v) is 5.82. The summed E-state index contributed by atoms with van der Waals surface area (Å²) in [6, 6.07) is 1.69. The molecule has 0 radical (unpaired) electrons. The molecule has 0 aliphatic rings. The van der Waals surface area contributed by atoms with Gasteiger partial charge in [0, 0.05) is 0 Å². The molecule has 1 aromatic heterocycles. The Morgan fingerprint density at radius 3 is 2.57 bits per heavy atom. The van der Waals surface area contributed by atoms with E-state index in [1.807, 2.05) is 0 Å². The quantitative estimate of drug-likeness (QED) is 0.485. The lowest BCUT2D eigenvalue weighted by molar-refractivity contribution is -0.384. The highest BCUT2D eigenvalue weighted by Gasteiger charge is 2.25. The molecule has 2 aromatic rings. The van der Waals surface area contributed by atoms with Crippen LogP contribution in [0.25, 0.3) is 5.69 Å². The minimum Gasteiger partial charge on any atom is -0.465 e. The Kier molecular flexibility index (Phi) is 3.66. The second kappa shape index (κ2) is 5.27. The molecule has 0 atom stereocenters. The Balaban J connectivity index is 2.75. The van der Waals surface area contributed by atoms with Gasteiger partial charge in [-0.1, -0.05) is 0 Å². The predicted molar refractivity (Wildman–Crippen MR) is 68.8 cm³/mol. The average molecular weight is 294 g/mol. The van der Waals surface area contributed by atoms with Crippen molar-refractivity contribution >= 4 is 11.7 Å². The summed E-state index contributed by atoms with van der Waals surface area (Å²) < 4.78 is 19.4. The zero-order valence-electron chi connectivity index (χ0n) is 11.5. The number of hydrogen-bond acceptors (Lipinski definition) is 6. The van der Waals surface area contributed by atoms with E-state index in [9.17, 15) is 19.3 Å². The van der Waals surface area contributed by atoms with Crippen molar-refractivity contribution in [3.63, 3.8) is 0 Å². The second-order valence-corrected chi connectivity index (χ2v) is 4.19. The smallest absolute Gasteiger partial charge is 0.340 e. The third-order valence-corrected chi connectivity index (χ3v) is 2.77. The fraction of sp³-hybridized carbons (Fsp3) is 0.250. The molecule has 0 aliphatic heterocycles. The number of carbonyl (C=O) groups is 1. The van der Waals surface area contributed by atoms with Crippen molar-refractivity contribution in [2.75, 3.05) is 7.11 Å². The van der Waals surface area contributed by atoms with Gasteiger partial charge in [-0.25, -0.2) is 18.9 Å². The number of nitro groups is 1. The SMILES string of the molecule is COC(=O)c1cc(-n2nc(C)nc2C)c([N+](=O)[O-])cc1F. The highest BCUT2D eigenvalue weighted by atomic mass is 19.1. The molecule has 21 heavy (non-hydrogen) atoms. The maximum absolute atomic E-state index is 13.8. The van der Waals surface area contributed by atoms with Gasteiger partial charge < -0.3 is 4.74 Å². The first-order chi connectivity index (χ1) is 9.85. The van der Waals surface area contributed by atoms with Crippen molar-refractivity contribution in [2.45, 2.75) is 13.8 Å². The molecule has 2 rings (SSSR count). The summed E-state index contributed by atoms with van der Waals surface area (Å²) in [6.07, 6.45) is 0. The first-order valence-electron chi connectivity index (χ1n) is 5.82. The number of hydrogen-bond donors (Lipinski definition) is 0. The van der Waals surface area contributed by atoms with Gasteiger partial charge >= 0.3 is 5.97 Å². The molecule has 0 saturated carbocycles. The summed E-state index contributed by atoms with van der Waals surface area (Å²) in [5, 5.41) is 15.1. The van der Waals surface area contributed by atoms with Gasteiger partial charge in [-0.3, -0.25) is 10.1 Å². The van der Waals surface area contributed by atoms with Crippen molar-refractivity contribution in [2.24, 2.45) is 0 Å². The zero-order valence-corrected chi connectivity index (χ0v) is 11.5. The van der Waals surface area contributed by atoms with Gasteiger partial charge in [-0.05, 0) is 19.9 Å². The summed E-state index contributed by atoms with van der Waals surface area (Å²) in [6.45, 7) is 3.20. The van der Waals surface area contributed by atoms with Crippen molar-refractivity contribution in [3.05, 3.63) is 45.3 Å². The highest BCUT2D eigenvalue weighted by Crippen LogP contribution is 2.27. The van der Waals surface area contributed by atoms with Crippen LogP contribution >= 0.6 is 0 Å². The summed E-state index contributed by atoms with van der Waals surface area (Å²) >= 11 is 0. The Morgan fingerprint density at radius 2 is 2.10 bits per heavy atom. The largest absolute Gasteiger partial charge is 0.465 e. The third-order valence-electron chi connectivity index (χ3n) is 2.77. The number of ether oxygens (including phenoxy) is 1. The van der Waals surface area contributed by atoms with E-state index < -0.39 is 28.0 Å². The van der Waals surface area contributed by atoms with Crippen molar-refractivity contribution in [1.29, 1.82) is 0 Å². The van der Waals surface area contributed by atoms with E-state index in [0.29, 0.717) is 17.7 Å². The molecule has 1 heterocycles. The van der Waals surface area contributed by atoms with Crippen LogP contribution in [0.3, 0.4) is 0 Å². The van der Waals surface area contributed by atoms with Gasteiger partial charge in [-0.2, -0.15) is 5.10 Å². The number of nitrogens with zero attached hydrogens (tertiary/aromatic N) is 4. The van der Waals surface area contributed by atoms with E-state index in [-0.39, 0.29) is 5.69 Å². The molecule has 9 heteroatoms. The van der Waals surface area contributed by atoms with Crippen LogP contribution in [-0.2, 0) is 4.74 Å². The number of carbonyl (C=O) groups excluding carboxylic acids is 1. The van der Waals surface area contributed by atoms with E-state index in [1.54, 1.807) is 13.8 Å². The molecule has 0 unspecified atom stereocenters. The molecule has 0 fully saturated rings. The first kappa shape index (κ1) is 14.6. The number of benzene rings is 1. The summed E-state index contributed by atoms with van der Waals surface area (Å²) in [5.41, 5.74) is -0.987. The van der Waals surface area contributed by atoms with Gasteiger partial charge in [0.2, 0.25) is 0 Å². The van der Waals surface area contributed by atoms with Crippen LogP contribution in [0, 0.1) is 29.8 Å². The molecule has 8 nitrogen and oxygen atoms in total. The monoisotopic (exact) mass is 294 g/mol. The zero-order chi connectivity index (χ0) is 15.7. The summed E-state index contributed by atoms with van der Waals surface area (Å²) in [5.74, 6) is -1.20. The average Bonchev–Trinajstić information content (AvgIpc) is 2.76. The van der Waals surface area contributed by atoms with E-state index in [0.717, 1.165) is 13.2 Å². The van der Waals surface area contributed by atoms with E-state index >= 15 is 0 Å². The van der Waals surface area contributed by atoms with Gasteiger partial charge in [-0.15, -0.1) is 0 Å². The lowest BCUT2D eigenvalue weighted by Gasteiger charge is -2.07. The number of esters is 1. The van der Waals surface area contributed by atoms with Crippen LogP contribution in [0.5, 0.6) is 0 Å². The van der Waals surface area contributed by atoms with E-state index in [2.05, 4.69) is 14.8 Å². The number of nitro benzene ring substituents is 1. The molecule has 0 spiro atoms. The molecule has 0 aliphatic carbocycles. The van der Waals surface area contributed by atoms with Gasteiger partial charge in [0.05, 0.1) is 23.7 Å². The van der Waals surface area contributed by atoms with Crippen LogP contribution in [0.2, 0.25) is 0 Å². The van der Waals surface area contributed by atoms with Crippen LogP contribution in [0.1, 0.15) is 22.0 Å². The lowest BCUT2D eigenvalue weighted by Crippen LogP contribution is -2.10. The third kappa shape index (κ3) is 2.57. The number of halogens is 1. The molecule has 0 N–H and O–H groups in total. The Hall–Kier alpha value is -2.84.